The van der Waals surface area contributed by atoms with Crippen molar-refractivity contribution < 1.29 is 13.9 Å². The summed E-state index contributed by atoms with van der Waals surface area (Å²) < 4.78 is 18.4. The van der Waals surface area contributed by atoms with Gasteiger partial charge in [-0.25, -0.2) is 9.37 Å². The van der Waals surface area contributed by atoms with Gasteiger partial charge in [0.15, 0.2) is 0 Å². The van der Waals surface area contributed by atoms with E-state index in [2.05, 4.69) is 10.3 Å². The van der Waals surface area contributed by atoms with Crippen LogP contribution in [0.25, 0.3) is 10.6 Å². The Kier molecular flexibility index (Phi) is 5.80. The maximum Gasteiger partial charge on any atom is 0.227 e. The van der Waals surface area contributed by atoms with Gasteiger partial charge in [0, 0.05) is 37.1 Å². The summed E-state index contributed by atoms with van der Waals surface area (Å²) in [7, 11) is 0. The molecule has 1 amide bonds. The molecule has 144 valence electrons. The number of aromatic nitrogens is 1. The van der Waals surface area contributed by atoms with Gasteiger partial charge in [0.2, 0.25) is 5.91 Å². The highest BCUT2D eigenvalue weighted by Gasteiger charge is 2.30. The number of benzene rings is 1. The van der Waals surface area contributed by atoms with Crippen molar-refractivity contribution in [2.45, 2.75) is 19.4 Å². The van der Waals surface area contributed by atoms with Gasteiger partial charge in [-0.15, -0.1) is 11.3 Å². The fourth-order valence-corrected chi connectivity index (χ4v) is 4.59. The third-order valence-electron chi connectivity index (χ3n) is 5.21. The second kappa shape index (κ2) is 8.46. The first-order valence-electron chi connectivity index (χ1n) is 9.48. The van der Waals surface area contributed by atoms with Gasteiger partial charge in [-0.2, -0.15) is 0 Å². The highest BCUT2D eigenvalue weighted by molar-refractivity contribution is 7.13. The molecule has 1 aromatic heterocycles. The van der Waals surface area contributed by atoms with E-state index in [1.165, 1.54) is 12.1 Å². The van der Waals surface area contributed by atoms with E-state index in [0.717, 1.165) is 48.7 Å². The van der Waals surface area contributed by atoms with Gasteiger partial charge < -0.3 is 9.64 Å². The van der Waals surface area contributed by atoms with Crippen molar-refractivity contribution in [2.75, 3.05) is 39.4 Å². The van der Waals surface area contributed by atoms with E-state index in [4.69, 9.17) is 9.72 Å². The Labute approximate surface area is 162 Å². The number of piperidine rings is 1. The molecule has 0 saturated carbocycles. The SMILES string of the molecule is O=C(C1CCCN(Cc2csc(-c3ccc(F)cc3)n2)C1)N1CCOCC1. The zero-order valence-corrected chi connectivity index (χ0v) is 16.1. The predicted octanol–water partition coefficient (Wildman–Crippen LogP) is 3.02. The monoisotopic (exact) mass is 389 g/mol. The van der Waals surface area contributed by atoms with Gasteiger partial charge >= 0.3 is 0 Å². The lowest BCUT2D eigenvalue weighted by atomic mass is 9.96. The molecule has 3 heterocycles. The molecule has 2 fully saturated rings. The molecule has 5 nitrogen and oxygen atoms in total. The van der Waals surface area contributed by atoms with Crippen LogP contribution in [0.2, 0.25) is 0 Å². The Bertz CT molecular complexity index is 774. The molecule has 2 saturated heterocycles. The van der Waals surface area contributed by atoms with Crippen LogP contribution in [0, 0.1) is 11.7 Å². The van der Waals surface area contributed by atoms with E-state index < -0.39 is 0 Å². The molecule has 2 aliphatic heterocycles. The number of rotatable bonds is 4. The first kappa shape index (κ1) is 18.5. The van der Waals surface area contributed by atoms with Crippen molar-refractivity contribution in [3.63, 3.8) is 0 Å². The minimum absolute atomic E-state index is 0.0760. The molecule has 7 heteroatoms. The van der Waals surface area contributed by atoms with Crippen LogP contribution in [0.5, 0.6) is 0 Å². The number of thiazole rings is 1. The Balaban J connectivity index is 1.36. The summed E-state index contributed by atoms with van der Waals surface area (Å²) in [4.78, 5) is 21.8. The zero-order chi connectivity index (χ0) is 18.6. The highest BCUT2D eigenvalue weighted by Crippen LogP contribution is 2.26. The number of hydrogen-bond donors (Lipinski definition) is 0. The summed E-state index contributed by atoms with van der Waals surface area (Å²) >= 11 is 1.58. The van der Waals surface area contributed by atoms with E-state index in [9.17, 15) is 9.18 Å². The van der Waals surface area contributed by atoms with Crippen molar-refractivity contribution in [2.24, 2.45) is 5.92 Å². The van der Waals surface area contributed by atoms with Crippen LogP contribution in [0.4, 0.5) is 4.39 Å². The number of morpholine rings is 1. The standard InChI is InChI=1S/C20H24FN3O2S/c21-17-5-3-15(4-6-17)19-22-18(14-27-19)13-23-7-1-2-16(12-23)20(25)24-8-10-26-11-9-24/h3-6,14,16H,1-2,7-13H2. The second-order valence-electron chi connectivity index (χ2n) is 7.16. The fourth-order valence-electron chi connectivity index (χ4n) is 3.78. The average molecular weight is 389 g/mol. The Morgan fingerprint density at radius 2 is 2.00 bits per heavy atom. The molecule has 0 radical (unpaired) electrons. The van der Waals surface area contributed by atoms with Crippen LogP contribution < -0.4 is 0 Å². The topological polar surface area (TPSA) is 45.7 Å². The van der Waals surface area contributed by atoms with E-state index in [1.54, 1.807) is 23.5 Å². The predicted molar refractivity (Wildman–Crippen MR) is 103 cm³/mol. The van der Waals surface area contributed by atoms with E-state index in [-0.39, 0.29) is 17.6 Å². The number of halogens is 1. The number of nitrogens with zero attached hydrogens (tertiary/aromatic N) is 3. The summed E-state index contributed by atoms with van der Waals surface area (Å²) in [5.41, 5.74) is 1.95. The Morgan fingerprint density at radius 1 is 1.22 bits per heavy atom. The van der Waals surface area contributed by atoms with Gasteiger partial charge in [0.25, 0.3) is 0 Å². The summed E-state index contributed by atoms with van der Waals surface area (Å²) in [6, 6.07) is 6.44. The molecule has 1 atom stereocenters. The molecule has 2 aromatic rings. The van der Waals surface area contributed by atoms with Gasteiger partial charge in [0.1, 0.15) is 10.8 Å². The van der Waals surface area contributed by atoms with Crippen molar-refractivity contribution in [1.82, 2.24) is 14.8 Å². The minimum Gasteiger partial charge on any atom is -0.378 e. The molecule has 4 rings (SSSR count). The Hall–Kier alpha value is -1.83. The molecular formula is C20H24FN3O2S. The number of carbonyl (C=O) groups is 1. The third kappa shape index (κ3) is 4.54. The molecule has 0 bridgehead atoms. The van der Waals surface area contributed by atoms with E-state index in [0.29, 0.717) is 26.3 Å². The van der Waals surface area contributed by atoms with Crippen molar-refractivity contribution in [3.05, 3.63) is 41.2 Å². The van der Waals surface area contributed by atoms with Gasteiger partial charge in [-0.3, -0.25) is 9.69 Å². The van der Waals surface area contributed by atoms with Crippen molar-refractivity contribution in [1.29, 1.82) is 0 Å². The summed E-state index contributed by atoms with van der Waals surface area (Å²) in [6.07, 6.45) is 2.00. The van der Waals surface area contributed by atoms with Gasteiger partial charge in [-0.1, -0.05) is 0 Å². The quantitative estimate of drug-likeness (QED) is 0.806. The average Bonchev–Trinajstić information content (AvgIpc) is 3.17. The lowest BCUT2D eigenvalue weighted by Gasteiger charge is -2.36. The summed E-state index contributed by atoms with van der Waals surface area (Å²) in [6.45, 7) is 5.26. The fraction of sp³-hybridized carbons (Fsp3) is 0.500. The molecular weight excluding hydrogens is 365 g/mol. The maximum atomic E-state index is 13.1. The zero-order valence-electron chi connectivity index (χ0n) is 15.3. The molecule has 1 unspecified atom stereocenters. The van der Waals surface area contributed by atoms with E-state index in [1.807, 2.05) is 4.90 Å². The van der Waals surface area contributed by atoms with Crippen LogP contribution >= 0.6 is 11.3 Å². The number of likely N-dealkylation sites (tertiary alicyclic amines) is 1. The van der Waals surface area contributed by atoms with Crippen LogP contribution in [-0.2, 0) is 16.1 Å². The van der Waals surface area contributed by atoms with Crippen molar-refractivity contribution >= 4 is 17.2 Å². The van der Waals surface area contributed by atoms with Gasteiger partial charge in [0.05, 0.1) is 24.8 Å². The largest absolute Gasteiger partial charge is 0.378 e. The smallest absolute Gasteiger partial charge is 0.227 e. The van der Waals surface area contributed by atoms with Crippen LogP contribution in [-0.4, -0.2) is 60.1 Å². The van der Waals surface area contributed by atoms with Gasteiger partial charge in [-0.05, 0) is 43.7 Å². The Morgan fingerprint density at radius 3 is 2.78 bits per heavy atom. The molecule has 0 aliphatic carbocycles. The minimum atomic E-state index is -0.236. The third-order valence-corrected chi connectivity index (χ3v) is 6.15. The number of carbonyl (C=O) groups excluding carboxylic acids is 1. The number of amides is 1. The molecule has 0 spiro atoms. The highest BCUT2D eigenvalue weighted by atomic mass is 32.1. The molecule has 27 heavy (non-hydrogen) atoms. The summed E-state index contributed by atoms with van der Waals surface area (Å²) in [5, 5.41) is 2.97. The van der Waals surface area contributed by atoms with E-state index >= 15 is 0 Å². The molecule has 1 aromatic carbocycles. The lowest BCUT2D eigenvalue weighted by molar-refractivity contribution is -0.141. The lowest BCUT2D eigenvalue weighted by Crippen LogP contribution is -2.48. The van der Waals surface area contributed by atoms with Crippen LogP contribution in [0.3, 0.4) is 0 Å². The molecule has 0 N–H and O–H groups in total. The number of hydrogen-bond acceptors (Lipinski definition) is 5. The maximum absolute atomic E-state index is 13.1. The normalized spacial score (nSPS) is 21.4. The first-order valence-corrected chi connectivity index (χ1v) is 10.4. The first-order chi connectivity index (χ1) is 13.2. The van der Waals surface area contributed by atoms with Crippen LogP contribution in [0.15, 0.2) is 29.6 Å². The second-order valence-corrected chi connectivity index (χ2v) is 8.02. The van der Waals surface area contributed by atoms with Crippen molar-refractivity contribution in [3.8, 4) is 10.6 Å². The summed E-state index contributed by atoms with van der Waals surface area (Å²) in [5.74, 6) is 0.111. The molecule has 2 aliphatic rings. The van der Waals surface area contributed by atoms with Crippen LogP contribution in [0.1, 0.15) is 18.5 Å². The number of ether oxygens (including phenoxy) is 1.